The molecule has 0 atom stereocenters. The largest absolute Gasteiger partial charge is 0.312 e. The number of hydrogen-bond donors (Lipinski definition) is 1. The first-order valence-electron chi connectivity index (χ1n) is 6.68. The normalized spacial score (nSPS) is 12.1. The maximum atomic E-state index is 4.85. The highest BCUT2D eigenvalue weighted by Crippen LogP contribution is 2.30. The highest BCUT2D eigenvalue weighted by atomic mass is 32.1. The molecule has 17 heavy (non-hydrogen) atoms. The fourth-order valence-corrected chi connectivity index (χ4v) is 3.07. The topological polar surface area (TPSA) is 24.9 Å². The third-order valence-corrected chi connectivity index (χ3v) is 3.85. The number of rotatable bonds is 6. The first-order valence-corrected chi connectivity index (χ1v) is 7.50. The average Bonchev–Trinajstić information content (AvgIpc) is 2.66. The maximum Gasteiger partial charge on any atom is 0.0931 e. The Balaban J connectivity index is 2.87. The molecule has 0 saturated carbocycles. The Kier molecular flexibility index (Phi) is 5.60. The molecule has 0 aliphatic rings. The molecule has 98 valence electrons. The molecule has 0 amide bonds. The first-order chi connectivity index (χ1) is 7.99. The van der Waals surface area contributed by atoms with Crippen LogP contribution in [-0.2, 0) is 18.4 Å². The van der Waals surface area contributed by atoms with Crippen molar-refractivity contribution in [3.05, 3.63) is 15.6 Å². The van der Waals surface area contributed by atoms with Gasteiger partial charge in [0.2, 0.25) is 0 Å². The zero-order valence-electron chi connectivity index (χ0n) is 11.9. The highest BCUT2D eigenvalue weighted by Gasteiger charge is 2.22. The molecule has 0 bridgehead atoms. The summed E-state index contributed by atoms with van der Waals surface area (Å²) in [5.41, 5.74) is 1.45. The fraction of sp³-hybridized carbons (Fsp3) is 0.786. The Morgan fingerprint density at radius 3 is 2.47 bits per heavy atom. The van der Waals surface area contributed by atoms with E-state index in [-0.39, 0.29) is 5.41 Å². The number of aryl methyl sites for hydroxylation is 1. The second-order valence-electron chi connectivity index (χ2n) is 5.51. The minimum atomic E-state index is 0.158. The van der Waals surface area contributed by atoms with Crippen LogP contribution in [0, 0.1) is 0 Å². The predicted octanol–water partition coefficient (Wildman–Crippen LogP) is 3.89. The molecule has 2 nitrogen and oxygen atoms in total. The summed E-state index contributed by atoms with van der Waals surface area (Å²) in [6.07, 6.45) is 3.63. The van der Waals surface area contributed by atoms with Gasteiger partial charge in [-0.2, -0.15) is 0 Å². The van der Waals surface area contributed by atoms with E-state index in [0.29, 0.717) is 0 Å². The Hall–Kier alpha value is -0.410. The van der Waals surface area contributed by atoms with Crippen molar-refractivity contribution >= 4 is 11.3 Å². The summed E-state index contributed by atoms with van der Waals surface area (Å²) in [6, 6.07) is 0. The molecule has 0 aliphatic carbocycles. The van der Waals surface area contributed by atoms with Crippen molar-refractivity contribution in [2.45, 2.75) is 65.8 Å². The summed E-state index contributed by atoms with van der Waals surface area (Å²) in [6.45, 7) is 13.1. The van der Waals surface area contributed by atoms with Gasteiger partial charge < -0.3 is 5.32 Å². The van der Waals surface area contributed by atoms with Crippen LogP contribution in [0.5, 0.6) is 0 Å². The van der Waals surface area contributed by atoms with Crippen LogP contribution in [0.2, 0.25) is 0 Å². The zero-order valence-corrected chi connectivity index (χ0v) is 12.7. The molecule has 0 aromatic carbocycles. The van der Waals surface area contributed by atoms with E-state index in [2.05, 4.69) is 39.9 Å². The zero-order chi connectivity index (χ0) is 12.9. The second-order valence-corrected chi connectivity index (χ2v) is 6.68. The van der Waals surface area contributed by atoms with E-state index in [0.717, 1.165) is 19.5 Å². The van der Waals surface area contributed by atoms with Gasteiger partial charge in [-0.25, -0.2) is 4.98 Å². The van der Waals surface area contributed by atoms with E-state index in [9.17, 15) is 0 Å². The molecule has 0 saturated heterocycles. The lowest BCUT2D eigenvalue weighted by Crippen LogP contribution is -2.18. The molecular formula is C14H26N2S. The lowest BCUT2D eigenvalue weighted by Gasteiger charge is -2.17. The number of unbranched alkanes of at least 4 members (excludes halogenated alkanes) is 1. The van der Waals surface area contributed by atoms with Crippen LogP contribution in [0.15, 0.2) is 0 Å². The third kappa shape index (κ3) is 4.40. The van der Waals surface area contributed by atoms with Crippen molar-refractivity contribution in [3.63, 3.8) is 0 Å². The van der Waals surface area contributed by atoms with E-state index in [1.165, 1.54) is 28.4 Å². The Morgan fingerprint density at radius 1 is 1.24 bits per heavy atom. The minimum Gasteiger partial charge on any atom is -0.312 e. The molecule has 0 aliphatic heterocycles. The van der Waals surface area contributed by atoms with E-state index < -0.39 is 0 Å². The molecule has 1 heterocycles. The fourth-order valence-electron chi connectivity index (χ4n) is 1.78. The van der Waals surface area contributed by atoms with Crippen LogP contribution in [-0.4, -0.2) is 11.5 Å². The minimum absolute atomic E-state index is 0.158. The molecule has 0 spiro atoms. The van der Waals surface area contributed by atoms with E-state index in [4.69, 9.17) is 4.98 Å². The number of aromatic nitrogens is 1. The first kappa shape index (κ1) is 14.7. The van der Waals surface area contributed by atoms with E-state index in [1.54, 1.807) is 0 Å². The summed E-state index contributed by atoms with van der Waals surface area (Å²) in [7, 11) is 0. The van der Waals surface area contributed by atoms with Crippen LogP contribution < -0.4 is 5.32 Å². The van der Waals surface area contributed by atoms with Crippen LogP contribution in [0.4, 0.5) is 0 Å². The molecule has 1 N–H and O–H groups in total. The van der Waals surface area contributed by atoms with Crippen molar-refractivity contribution in [1.82, 2.24) is 10.3 Å². The molecule has 0 unspecified atom stereocenters. The average molecular weight is 254 g/mol. The number of hydrogen-bond acceptors (Lipinski definition) is 3. The van der Waals surface area contributed by atoms with Crippen molar-refractivity contribution in [1.29, 1.82) is 0 Å². The second kappa shape index (κ2) is 6.50. The summed E-state index contributed by atoms with van der Waals surface area (Å²) in [5.74, 6) is 0. The van der Waals surface area contributed by atoms with E-state index >= 15 is 0 Å². The maximum absolute atomic E-state index is 4.85. The molecule has 0 radical (unpaired) electrons. The smallest absolute Gasteiger partial charge is 0.0931 e. The van der Waals surface area contributed by atoms with Gasteiger partial charge in [-0.15, -0.1) is 11.3 Å². The standard InChI is InChI=1S/C14H26N2S/c1-6-8-9-12-16-13(14(3,4)5)11(17-12)10-15-7-2/h15H,6-10H2,1-5H3. The lowest BCUT2D eigenvalue weighted by atomic mass is 9.91. The van der Waals surface area contributed by atoms with Gasteiger partial charge in [-0.05, 0) is 19.4 Å². The third-order valence-electron chi connectivity index (χ3n) is 2.73. The Labute approximate surface area is 110 Å². The molecule has 0 fully saturated rings. The number of nitrogens with one attached hydrogen (secondary N) is 1. The van der Waals surface area contributed by atoms with Crippen LogP contribution >= 0.6 is 11.3 Å². The highest BCUT2D eigenvalue weighted by molar-refractivity contribution is 7.11. The summed E-state index contributed by atoms with van der Waals surface area (Å²) >= 11 is 1.89. The summed E-state index contributed by atoms with van der Waals surface area (Å²) < 4.78 is 0. The van der Waals surface area contributed by atoms with Crippen LogP contribution in [0.25, 0.3) is 0 Å². The summed E-state index contributed by atoms with van der Waals surface area (Å²) in [4.78, 5) is 6.27. The molecule has 1 aromatic heterocycles. The van der Waals surface area contributed by atoms with Gasteiger partial charge >= 0.3 is 0 Å². The van der Waals surface area contributed by atoms with Crippen molar-refractivity contribution in [2.75, 3.05) is 6.54 Å². The quantitative estimate of drug-likeness (QED) is 0.833. The number of thiazole rings is 1. The molecular weight excluding hydrogens is 228 g/mol. The monoisotopic (exact) mass is 254 g/mol. The van der Waals surface area contributed by atoms with Gasteiger partial charge in [0.25, 0.3) is 0 Å². The summed E-state index contributed by atoms with van der Waals surface area (Å²) in [5, 5.41) is 4.73. The van der Waals surface area contributed by atoms with Gasteiger partial charge in [0.05, 0.1) is 10.7 Å². The van der Waals surface area contributed by atoms with Gasteiger partial charge in [0.15, 0.2) is 0 Å². The van der Waals surface area contributed by atoms with Gasteiger partial charge in [0, 0.05) is 16.8 Å². The Morgan fingerprint density at radius 2 is 1.94 bits per heavy atom. The van der Waals surface area contributed by atoms with Gasteiger partial charge in [-0.1, -0.05) is 41.0 Å². The molecule has 1 aromatic rings. The van der Waals surface area contributed by atoms with Crippen molar-refractivity contribution in [2.24, 2.45) is 0 Å². The Bertz CT molecular complexity index is 336. The van der Waals surface area contributed by atoms with Crippen molar-refractivity contribution in [3.8, 4) is 0 Å². The van der Waals surface area contributed by atoms with Gasteiger partial charge in [-0.3, -0.25) is 0 Å². The lowest BCUT2D eigenvalue weighted by molar-refractivity contribution is 0.558. The van der Waals surface area contributed by atoms with Crippen LogP contribution in [0.3, 0.4) is 0 Å². The van der Waals surface area contributed by atoms with Gasteiger partial charge in [0.1, 0.15) is 0 Å². The van der Waals surface area contributed by atoms with E-state index in [1.807, 2.05) is 11.3 Å². The molecule has 3 heteroatoms. The molecule has 1 rings (SSSR count). The van der Waals surface area contributed by atoms with Crippen molar-refractivity contribution < 1.29 is 0 Å². The number of nitrogens with zero attached hydrogens (tertiary/aromatic N) is 1. The van der Waals surface area contributed by atoms with Crippen LogP contribution in [0.1, 0.15) is 63.0 Å². The predicted molar refractivity (Wildman–Crippen MR) is 76.8 cm³/mol. The SMILES string of the molecule is CCCCc1nc(C(C)(C)C)c(CNCC)s1.